The van der Waals surface area contributed by atoms with Gasteiger partial charge in [-0.1, -0.05) is 13.8 Å². The number of rotatable bonds is 7. The zero-order chi connectivity index (χ0) is 28.3. The first-order valence-electron chi connectivity index (χ1n) is 13.3. The molecule has 1 aromatic carbocycles. The summed E-state index contributed by atoms with van der Waals surface area (Å²) in [5.74, 6) is -0.700. The maximum Gasteiger partial charge on any atom is 0.323 e. The lowest BCUT2D eigenvalue weighted by atomic mass is 10.0. The Labute approximate surface area is 234 Å². The number of fused-ring (bicyclic) bond motifs is 1. The van der Waals surface area contributed by atoms with Crippen LogP contribution in [0.25, 0.3) is 0 Å². The third-order valence-corrected chi connectivity index (χ3v) is 10.1. The highest BCUT2D eigenvalue weighted by Crippen LogP contribution is 2.37. The Bertz CT molecular complexity index is 1340. The number of nitrogens with one attached hydrogen (secondary N) is 2. The maximum atomic E-state index is 13.2. The number of carbonyl (C=O) groups is 3. The van der Waals surface area contributed by atoms with Crippen LogP contribution < -0.4 is 10.6 Å². The molecule has 2 aliphatic rings. The Balaban J connectivity index is 1.57. The topological polar surface area (TPSA) is 119 Å². The first-order valence-corrected chi connectivity index (χ1v) is 15.6. The Kier molecular flexibility index (Phi) is 9.10. The van der Waals surface area contributed by atoms with Crippen molar-refractivity contribution in [2.75, 3.05) is 45.6 Å². The van der Waals surface area contributed by atoms with E-state index in [1.54, 1.807) is 14.1 Å². The molecule has 2 N–H and O–H groups in total. The van der Waals surface area contributed by atoms with Gasteiger partial charge in [-0.25, -0.2) is 13.2 Å². The molecule has 1 atom stereocenters. The monoisotopic (exact) mass is 575 g/mol. The van der Waals surface area contributed by atoms with Crippen molar-refractivity contribution in [3.05, 3.63) is 45.8 Å². The van der Waals surface area contributed by atoms with Gasteiger partial charge in [0.1, 0.15) is 5.00 Å². The van der Waals surface area contributed by atoms with Gasteiger partial charge in [-0.15, -0.1) is 11.3 Å². The molecule has 0 aliphatic carbocycles. The molecule has 2 aliphatic heterocycles. The molecule has 12 heteroatoms. The number of sulfonamides is 1. The van der Waals surface area contributed by atoms with E-state index in [4.69, 9.17) is 0 Å². The number of thiophene rings is 1. The highest BCUT2D eigenvalue weighted by molar-refractivity contribution is 7.89. The van der Waals surface area contributed by atoms with Crippen LogP contribution in [0.3, 0.4) is 0 Å². The molecule has 0 bridgehead atoms. The van der Waals surface area contributed by atoms with Crippen molar-refractivity contribution in [2.45, 2.75) is 51.0 Å². The summed E-state index contributed by atoms with van der Waals surface area (Å²) in [7, 11) is -0.538. The van der Waals surface area contributed by atoms with Gasteiger partial charge in [-0.05, 0) is 68.0 Å². The van der Waals surface area contributed by atoms with Crippen molar-refractivity contribution in [1.82, 2.24) is 19.4 Å². The molecular weight excluding hydrogens is 538 g/mol. The molecule has 3 heterocycles. The number of benzene rings is 1. The minimum absolute atomic E-state index is 0.151. The fraction of sp³-hybridized carbons (Fsp3) is 0.519. The number of hydrogen-bond donors (Lipinski definition) is 2. The van der Waals surface area contributed by atoms with E-state index in [1.165, 1.54) is 44.8 Å². The molecule has 0 radical (unpaired) electrons. The normalized spacial score (nSPS) is 18.3. The van der Waals surface area contributed by atoms with Gasteiger partial charge in [0.25, 0.3) is 11.8 Å². The number of amides is 4. The summed E-state index contributed by atoms with van der Waals surface area (Å²) in [6.45, 7) is 7.55. The average Bonchev–Trinajstić information content (AvgIpc) is 3.25. The SMILES string of the molecule is CCCN1CCc2c(sc(NC(=O)c3ccc(S(=O)(=O)N4CCCC(C)C4)cc3)c2C(=O)NC(=O)N(C)C)C1. The van der Waals surface area contributed by atoms with E-state index in [0.717, 1.165) is 42.8 Å². The molecule has 4 rings (SSSR count). The average molecular weight is 576 g/mol. The van der Waals surface area contributed by atoms with Crippen molar-refractivity contribution in [3.63, 3.8) is 0 Å². The van der Waals surface area contributed by atoms with E-state index in [9.17, 15) is 22.8 Å². The van der Waals surface area contributed by atoms with Crippen molar-refractivity contribution in [3.8, 4) is 0 Å². The standard InChI is InChI=1S/C27H37N5O5S2/c1-5-13-31-15-12-21-22(17-31)38-26(23(21)25(34)29-27(35)30(3)4)28-24(33)19-8-10-20(11-9-19)39(36,37)32-14-6-7-18(2)16-32/h8-11,18H,5-7,12-17H2,1-4H3,(H,28,33)(H,29,34,35). The molecule has 0 saturated carbocycles. The summed E-state index contributed by atoms with van der Waals surface area (Å²) in [6, 6.07) is 5.34. The molecule has 1 unspecified atom stereocenters. The van der Waals surface area contributed by atoms with Crippen LogP contribution in [0.1, 0.15) is 64.3 Å². The fourth-order valence-corrected chi connectivity index (χ4v) is 7.91. The lowest BCUT2D eigenvalue weighted by molar-refractivity contribution is 0.0956. The van der Waals surface area contributed by atoms with E-state index in [-0.39, 0.29) is 10.5 Å². The Morgan fingerprint density at radius 3 is 2.46 bits per heavy atom. The number of urea groups is 1. The molecule has 10 nitrogen and oxygen atoms in total. The molecule has 39 heavy (non-hydrogen) atoms. The minimum atomic E-state index is -3.63. The van der Waals surface area contributed by atoms with E-state index >= 15 is 0 Å². The van der Waals surface area contributed by atoms with E-state index < -0.39 is 27.9 Å². The lowest BCUT2D eigenvalue weighted by Crippen LogP contribution is -2.39. The van der Waals surface area contributed by atoms with Gasteiger partial charge >= 0.3 is 6.03 Å². The highest BCUT2D eigenvalue weighted by Gasteiger charge is 2.31. The van der Waals surface area contributed by atoms with Crippen LogP contribution in [-0.4, -0.2) is 80.6 Å². The smallest absolute Gasteiger partial charge is 0.323 e. The van der Waals surface area contributed by atoms with E-state index in [2.05, 4.69) is 22.5 Å². The zero-order valence-corrected chi connectivity index (χ0v) is 24.6. The maximum absolute atomic E-state index is 13.2. The summed E-state index contributed by atoms with van der Waals surface area (Å²) in [6.07, 6.45) is 3.49. The molecule has 1 aromatic heterocycles. The van der Waals surface area contributed by atoms with Crippen molar-refractivity contribution in [1.29, 1.82) is 0 Å². The van der Waals surface area contributed by atoms with Crippen LogP contribution >= 0.6 is 11.3 Å². The first kappa shape index (κ1) is 29.2. The van der Waals surface area contributed by atoms with Gasteiger partial charge < -0.3 is 10.2 Å². The van der Waals surface area contributed by atoms with Gasteiger partial charge in [0.15, 0.2) is 0 Å². The summed E-state index contributed by atoms with van der Waals surface area (Å²) in [4.78, 5) is 43.3. The highest BCUT2D eigenvalue weighted by atomic mass is 32.2. The second-order valence-corrected chi connectivity index (χ2v) is 13.5. The number of piperidine rings is 1. The van der Waals surface area contributed by atoms with Gasteiger partial charge in [-0.2, -0.15) is 4.31 Å². The molecule has 0 spiro atoms. The van der Waals surface area contributed by atoms with E-state index in [1.807, 2.05) is 6.92 Å². The minimum Gasteiger partial charge on any atom is -0.331 e. The number of carbonyl (C=O) groups excluding carboxylic acids is 3. The molecule has 212 valence electrons. The molecule has 2 aromatic rings. The van der Waals surface area contributed by atoms with Crippen molar-refractivity contribution in [2.24, 2.45) is 5.92 Å². The van der Waals surface area contributed by atoms with Crippen LogP contribution in [0, 0.1) is 5.92 Å². The summed E-state index contributed by atoms with van der Waals surface area (Å²) < 4.78 is 27.7. The summed E-state index contributed by atoms with van der Waals surface area (Å²) >= 11 is 1.34. The third-order valence-electron chi connectivity index (χ3n) is 7.13. The van der Waals surface area contributed by atoms with Crippen LogP contribution in [0.4, 0.5) is 9.80 Å². The second kappa shape index (κ2) is 12.2. The second-order valence-electron chi connectivity index (χ2n) is 10.5. The molecular formula is C27H37N5O5S2. The predicted octanol–water partition coefficient (Wildman–Crippen LogP) is 3.60. The Morgan fingerprint density at radius 2 is 1.82 bits per heavy atom. The van der Waals surface area contributed by atoms with Crippen molar-refractivity contribution < 1.29 is 22.8 Å². The quantitative estimate of drug-likeness (QED) is 0.521. The van der Waals surface area contributed by atoms with Gasteiger partial charge in [-0.3, -0.25) is 19.8 Å². The predicted molar refractivity (Wildman–Crippen MR) is 152 cm³/mol. The van der Waals surface area contributed by atoms with Crippen LogP contribution in [0.2, 0.25) is 0 Å². The zero-order valence-electron chi connectivity index (χ0n) is 23.0. The lowest BCUT2D eigenvalue weighted by Gasteiger charge is -2.30. The summed E-state index contributed by atoms with van der Waals surface area (Å²) in [5, 5.41) is 5.64. The molecule has 1 fully saturated rings. The Hall–Kier alpha value is -2.80. The van der Waals surface area contributed by atoms with Crippen LogP contribution in [-0.2, 0) is 23.0 Å². The van der Waals surface area contributed by atoms with Gasteiger partial charge in [0.2, 0.25) is 10.0 Å². The molecule has 1 saturated heterocycles. The largest absolute Gasteiger partial charge is 0.331 e. The van der Waals surface area contributed by atoms with Gasteiger partial charge in [0.05, 0.1) is 10.5 Å². The van der Waals surface area contributed by atoms with Crippen LogP contribution in [0.5, 0.6) is 0 Å². The third kappa shape index (κ3) is 6.51. The Morgan fingerprint density at radius 1 is 1.10 bits per heavy atom. The summed E-state index contributed by atoms with van der Waals surface area (Å²) in [5.41, 5.74) is 1.44. The molecule has 4 amide bonds. The van der Waals surface area contributed by atoms with Crippen molar-refractivity contribution >= 4 is 44.2 Å². The number of anilines is 1. The number of imide groups is 1. The first-order chi connectivity index (χ1) is 18.5. The van der Waals surface area contributed by atoms with Crippen LogP contribution in [0.15, 0.2) is 29.2 Å². The number of nitrogens with zero attached hydrogens (tertiary/aromatic N) is 3. The number of hydrogen-bond acceptors (Lipinski definition) is 7. The fourth-order valence-electron chi connectivity index (χ4n) is 5.03. The van der Waals surface area contributed by atoms with Gasteiger partial charge in [0, 0.05) is 50.7 Å². The van der Waals surface area contributed by atoms with E-state index in [0.29, 0.717) is 42.5 Å².